The van der Waals surface area contributed by atoms with Gasteiger partial charge in [0.15, 0.2) is 0 Å². The second-order valence-corrected chi connectivity index (χ2v) is 6.72. The summed E-state index contributed by atoms with van der Waals surface area (Å²) < 4.78 is 10.7. The molecule has 0 radical (unpaired) electrons. The first-order chi connectivity index (χ1) is 13.0. The first-order valence-electron chi connectivity index (χ1n) is 8.95. The Morgan fingerprint density at radius 1 is 1.19 bits per heavy atom. The minimum Gasteiger partial charge on any atom is -0.496 e. The highest BCUT2D eigenvalue weighted by atomic mass is 16.5. The Morgan fingerprint density at radius 2 is 1.96 bits per heavy atom. The monoisotopic (exact) mass is 364 g/mol. The molecule has 0 bridgehead atoms. The van der Waals surface area contributed by atoms with Crippen LogP contribution in [-0.4, -0.2) is 24.2 Å². The minimum absolute atomic E-state index is 0.0755. The van der Waals surface area contributed by atoms with Gasteiger partial charge in [0.2, 0.25) is 0 Å². The topological polar surface area (TPSA) is 64.4 Å². The zero-order valence-corrected chi connectivity index (χ0v) is 16.1. The van der Waals surface area contributed by atoms with Crippen molar-refractivity contribution in [3.63, 3.8) is 0 Å². The number of amides is 1. The van der Waals surface area contributed by atoms with Crippen LogP contribution < -0.4 is 10.1 Å². The van der Waals surface area contributed by atoms with Gasteiger partial charge in [0.25, 0.3) is 5.91 Å². The molecule has 0 aliphatic rings. The van der Waals surface area contributed by atoms with Crippen molar-refractivity contribution in [3.8, 4) is 17.0 Å². The van der Waals surface area contributed by atoms with Gasteiger partial charge in [-0.3, -0.25) is 4.79 Å². The molecule has 3 aromatic rings. The van der Waals surface area contributed by atoms with E-state index in [2.05, 4.69) is 10.5 Å². The Labute approximate surface area is 159 Å². The summed E-state index contributed by atoms with van der Waals surface area (Å²) in [5.74, 6) is 1.14. The van der Waals surface area contributed by atoms with Gasteiger partial charge in [0.1, 0.15) is 22.8 Å². The van der Waals surface area contributed by atoms with Crippen LogP contribution in [0.1, 0.15) is 34.2 Å². The summed E-state index contributed by atoms with van der Waals surface area (Å²) in [5, 5.41) is 7.16. The average molecular weight is 364 g/mol. The smallest absolute Gasteiger partial charge is 0.257 e. The third-order valence-electron chi connectivity index (χ3n) is 4.48. The lowest BCUT2D eigenvalue weighted by Crippen LogP contribution is -2.34. The minimum atomic E-state index is -0.187. The van der Waals surface area contributed by atoms with E-state index in [4.69, 9.17) is 9.26 Å². The number of ether oxygens (including phenoxy) is 1. The third-order valence-corrected chi connectivity index (χ3v) is 4.48. The summed E-state index contributed by atoms with van der Waals surface area (Å²) in [6, 6.07) is 15.6. The molecule has 0 aliphatic heterocycles. The predicted octanol–water partition coefficient (Wildman–Crippen LogP) is 4.33. The molecular weight excluding hydrogens is 340 g/mol. The van der Waals surface area contributed by atoms with E-state index in [-0.39, 0.29) is 11.9 Å². The summed E-state index contributed by atoms with van der Waals surface area (Å²) >= 11 is 0. The molecule has 1 aromatic heterocycles. The lowest BCUT2D eigenvalue weighted by molar-refractivity contribution is 0.0939. The maximum absolute atomic E-state index is 12.9. The van der Waals surface area contributed by atoms with Gasteiger partial charge in [0, 0.05) is 11.6 Å². The van der Waals surface area contributed by atoms with Crippen molar-refractivity contribution in [2.75, 3.05) is 7.11 Å². The SMILES string of the molecule is COc1ccccc1C[C@H](C)NC(=O)c1c(-c2cccc(C)c2)noc1C. The van der Waals surface area contributed by atoms with Crippen LogP contribution in [0.15, 0.2) is 53.1 Å². The molecule has 0 aliphatic carbocycles. The number of carbonyl (C=O) groups is 1. The third kappa shape index (κ3) is 4.19. The Hall–Kier alpha value is -3.08. The molecule has 5 nitrogen and oxygen atoms in total. The van der Waals surface area contributed by atoms with E-state index in [1.54, 1.807) is 14.0 Å². The fourth-order valence-electron chi connectivity index (χ4n) is 3.18. The van der Waals surface area contributed by atoms with Gasteiger partial charge >= 0.3 is 0 Å². The summed E-state index contributed by atoms with van der Waals surface area (Å²) in [6.45, 7) is 5.73. The van der Waals surface area contributed by atoms with Gasteiger partial charge in [-0.2, -0.15) is 0 Å². The molecule has 0 saturated heterocycles. The zero-order valence-electron chi connectivity index (χ0n) is 16.1. The first kappa shape index (κ1) is 18.7. The molecule has 140 valence electrons. The fourth-order valence-corrected chi connectivity index (χ4v) is 3.18. The molecule has 0 unspecified atom stereocenters. The largest absolute Gasteiger partial charge is 0.496 e. The van der Waals surface area contributed by atoms with Crippen LogP contribution in [-0.2, 0) is 6.42 Å². The normalized spacial score (nSPS) is 11.9. The molecule has 0 fully saturated rings. The highest BCUT2D eigenvalue weighted by Crippen LogP contribution is 2.26. The molecule has 27 heavy (non-hydrogen) atoms. The van der Waals surface area contributed by atoms with Crippen molar-refractivity contribution < 1.29 is 14.1 Å². The van der Waals surface area contributed by atoms with Crippen molar-refractivity contribution in [2.24, 2.45) is 0 Å². The predicted molar refractivity (Wildman–Crippen MR) is 105 cm³/mol. The molecular formula is C22H24N2O3. The molecule has 3 rings (SSSR count). The van der Waals surface area contributed by atoms with Crippen molar-refractivity contribution in [2.45, 2.75) is 33.2 Å². The van der Waals surface area contributed by atoms with E-state index in [9.17, 15) is 4.79 Å². The summed E-state index contributed by atoms with van der Waals surface area (Å²) in [5.41, 5.74) is 4.07. The number of aryl methyl sites for hydroxylation is 2. The maximum Gasteiger partial charge on any atom is 0.257 e. The Bertz CT molecular complexity index is 946. The van der Waals surface area contributed by atoms with Crippen molar-refractivity contribution >= 4 is 5.91 Å². The van der Waals surface area contributed by atoms with E-state index in [1.807, 2.05) is 62.4 Å². The van der Waals surface area contributed by atoms with Crippen LogP contribution in [0.2, 0.25) is 0 Å². The number of carbonyl (C=O) groups excluding carboxylic acids is 1. The number of methoxy groups -OCH3 is 1. The Balaban J connectivity index is 1.79. The molecule has 1 heterocycles. The van der Waals surface area contributed by atoms with Crippen LogP contribution in [0.3, 0.4) is 0 Å². The standard InChI is InChI=1S/C22H24N2O3/c1-14-8-7-10-18(12-14)21-20(16(3)27-24-21)22(25)23-15(2)13-17-9-5-6-11-19(17)26-4/h5-12,15H,13H2,1-4H3,(H,23,25)/t15-/m0/s1. The Kier molecular flexibility index (Phi) is 5.60. The number of hydrogen-bond donors (Lipinski definition) is 1. The molecule has 1 N–H and O–H groups in total. The van der Waals surface area contributed by atoms with E-state index in [0.29, 0.717) is 23.4 Å². The number of nitrogens with zero attached hydrogens (tertiary/aromatic N) is 1. The number of nitrogens with one attached hydrogen (secondary N) is 1. The van der Waals surface area contributed by atoms with Gasteiger partial charge < -0.3 is 14.6 Å². The molecule has 0 saturated carbocycles. The lowest BCUT2D eigenvalue weighted by atomic mass is 10.0. The van der Waals surface area contributed by atoms with Crippen LogP contribution in [0.4, 0.5) is 0 Å². The molecule has 5 heteroatoms. The number of rotatable bonds is 6. The number of para-hydroxylation sites is 1. The second-order valence-electron chi connectivity index (χ2n) is 6.72. The average Bonchev–Trinajstić information content (AvgIpc) is 3.03. The van der Waals surface area contributed by atoms with Crippen molar-refractivity contribution in [3.05, 3.63) is 71.0 Å². The summed E-state index contributed by atoms with van der Waals surface area (Å²) in [7, 11) is 1.65. The number of benzene rings is 2. The van der Waals surface area contributed by atoms with Crippen molar-refractivity contribution in [1.82, 2.24) is 10.5 Å². The number of aromatic nitrogens is 1. The molecule has 0 spiro atoms. The van der Waals surface area contributed by atoms with E-state index in [0.717, 1.165) is 22.4 Å². The maximum atomic E-state index is 12.9. The van der Waals surface area contributed by atoms with Crippen LogP contribution in [0.25, 0.3) is 11.3 Å². The number of hydrogen-bond acceptors (Lipinski definition) is 4. The van der Waals surface area contributed by atoms with Gasteiger partial charge in [-0.25, -0.2) is 0 Å². The van der Waals surface area contributed by atoms with Crippen LogP contribution >= 0.6 is 0 Å². The highest BCUT2D eigenvalue weighted by Gasteiger charge is 2.23. The van der Waals surface area contributed by atoms with Gasteiger partial charge in [-0.15, -0.1) is 0 Å². The Morgan fingerprint density at radius 3 is 2.70 bits per heavy atom. The van der Waals surface area contributed by atoms with Gasteiger partial charge in [-0.1, -0.05) is 47.1 Å². The first-order valence-corrected chi connectivity index (χ1v) is 8.95. The highest BCUT2D eigenvalue weighted by molar-refractivity contribution is 6.00. The van der Waals surface area contributed by atoms with Gasteiger partial charge in [-0.05, 0) is 44.9 Å². The fraction of sp³-hybridized carbons (Fsp3) is 0.273. The van der Waals surface area contributed by atoms with E-state index >= 15 is 0 Å². The summed E-state index contributed by atoms with van der Waals surface area (Å²) in [6.07, 6.45) is 0.667. The quantitative estimate of drug-likeness (QED) is 0.707. The second kappa shape index (κ2) is 8.08. The zero-order chi connectivity index (χ0) is 19.4. The molecule has 2 aromatic carbocycles. The van der Waals surface area contributed by atoms with Crippen LogP contribution in [0.5, 0.6) is 5.75 Å². The lowest BCUT2D eigenvalue weighted by Gasteiger charge is -2.16. The van der Waals surface area contributed by atoms with E-state index in [1.165, 1.54) is 0 Å². The summed E-state index contributed by atoms with van der Waals surface area (Å²) in [4.78, 5) is 12.9. The van der Waals surface area contributed by atoms with Gasteiger partial charge in [0.05, 0.1) is 7.11 Å². The molecule has 1 atom stereocenters. The molecule has 1 amide bonds. The van der Waals surface area contributed by atoms with Crippen molar-refractivity contribution in [1.29, 1.82) is 0 Å². The van der Waals surface area contributed by atoms with Crippen LogP contribution in [0, 0.1) is 13.8 Å². The van der Waals surface area contributed by atoms with E-state index < -0.39 is 0 Å².